The Hall–Kier alpha value is -2.86. The van der Waals surface area contributed by atoms with Crippen LogP contribution in [0.4, 0.5) is 5.82 Å². The predicted octanol–water partition coefficient (Wildman–Crippen LogP) is 3.36. The van der Waals surface area contributed by atoms with Crippen LogP contribution in [0, 0.1) is 0 Å². The molecule has 1 aromatic carbocycles. The first-order valence-corrected chi connectivity index (χ1v) is 8.45. The summed E-state index contributed by atoms with van der Waals surface area (Å²) in [6, 6.07) is 10.1. The van der Waals surface area contributed by atoms with Gasteiger partial charge in [-0.2, -0.15) is 0 Å². The number of ether oxygens (including phenoxy) is 2. The van der Waals surface area contributed by atoms with Gasteiger partial charge in [-0.05, 0) is 43.9 Å². The van der Waals surface area contributed by atoms with Gasteiger partial charge in [-0.3, -0.25) is 4.98 Å². The first kappa shape index (κ1) is 17.9. The molecule has 2 heterocycles. The molecule has 0 saturated heterocycles. The molecule has 0 radical (unpaired) electrons. The highest BCUT2D eigenvalue weighted by molar-refractivity contribution is 5.90. The van der Waals surface area contributed by atoms with Gasteiger partial charge in [0.05, 0.1) is 20.3 Å². The van der Waals surface area contributed by atoms with Gasteiger partial charge < -0.3 is 19.7 Å². The summed E-state index contributed by atoms with van der Waals surface area (Å²) in [7, 11) is 7.41. The standard InChI is InChI=1S/C20H24N4O2/c1-24(2)17(14-5-6-18(25-3)19(11-14)26-4)13-23-20-16-8-9-21-12-15(16)7-10-22-20/h5-12,17H,13H2,1-4H3,(H,22,23). The normalized spacial score (nSPS) is 12.2. The molecule has 3 rings (SSSR count). The lowest BCUT2D eigenvalue weighted by Gasteiger charge is -2.26. The van der Waals surface area contributed by atoms with E-state index in [4.69, 9.17) is 9.47 Å². The number of likely N-dealkylation sites (N-methyl/N-ethyl adjacent to an activating group) is 1. The maximum Gasteiger partial charge on any atom is 0.161 e. The number of fused-ring (bicyclic) bond motifs is 1. The minimum atomic E-state index is 0.147. The minimum Gasteiger partial charge on any atom is -0.493 e. The fourth-order valence-electron chi connectivity index (χ4n) is 3.01. The summed E-state index contributed by atoms with van der Waals surface area (Å²) in [5.74, 6) is 2.31. The highest BCUT2D eigenvalue weighted by Gasteiger charge is 2.17. The van der Waals surface area contributed by atoms with Gasteiger partial charge in [0.25, 0.3) is 0 Å². The number of anilines is 1. The van der Waals surface area contributed by atoms with Crippen LogP contribution in [0.5, 0.6) is 11.5 Å². The number of rotatable bonds is 7. The predicted molar refractivity (Wildman–Crippen MR) is 104 cm³/mol. The van der Waals surface area contributed by atoms with Crippen molar-refractivity contribution in [1.82, 2.24) is 14.9 Å². The molecule has 1 N–H and O–H groups in total. The topological polar surface area (TPSA) is 59.5 Å². The maximum atomic E-state index is 5.44. The first-order valence-electron chi connectivity index (χ1n) is 8.45. The number of benzene rings is 1. The van der Waals surface area contributed by atoms with E-state index < -0.39 is 0 Å². The molecule has 0 aliphatic rings. The van der Waals surface area contributed by atoms with Gasteiger partial charge in [0, 0.05) is 35.9 Å². The van der Waals surface area contributed by atoms with Gasteiger partial charge >= 0.3 is 0 Å². The second kappa shape index (κ2) is 8.01. The third-order valence-corrected chi connectivity index (χ3v) is 4.44. The Morgan fingerprint density at radius 2 is 1.85 bits per heavy atom. The lowest BCUT2D eigenvalue weighted by atomic mass is 10.0. The molecule has 0 amide bonds. The number of methoxy groups -OCH3 is 2. The fraction of sp³-hybridized carbons (Fsp3) is 0.300. The molecule has 2 aromatic heterocycles. The largest absolute Gasteiger partial charge is 0.493 e. The number of nitrogens with zero attached hydrogens (tertiary/aromatic N) is 3. The molecular formula is C20H24N4O2. The Bertz CT molecular complexity index is 877. The third kappa shape index (κ3) is 3.70. The van der Waals surface area contributed by atoms with E-state index in [9.17, 15) is 0 Å². The molecule has 0 bridgehead atoms. The van der Waals surface area contributed by atoms with Crippen LogP contribution in [0.15, 0.2) is 48.9 Å². The molecule has 6 nitrogen and oxygen atoms in total. The number of pyridine rings is 2. The summed E-state index contributed by atoms with van der Waals surface area (Å²) < 4.78 is 10.8. The Morgan fingerprint density at radius 1 is 1.04 bits per heavy atom. The number of nitrogens with one attached hydrogen (secondary N) is 1. The van der Waals surface area contributed by atoms with Gasteiger partial charge in [0.15, 0.2) is 11.5 Å². The molecule has 0 fully saturated rings. The molecule has 6 heteroatoms. The van der Waals surface area contributed by atoms with Crippen molar-refractivity contribution in [3.63, 3.8) is 0 Å². The average Bonchev–Trinajstić information content (AvgIpc) is 2.67. The van der Waals surface area contributed by atoms with E-state index in [0.29, 0.717) is 6.54 Å². The van der Waals surface area contributed by atoms with Crippen LogP contribution in [0.2, 0.25) is 0 Å². The zero-order valence-electron chi connectivity index (χ0n) is 15.6. The zero-order chi connectivity index (χ0) is 18.5. The molecule has 0 aliphatic carbocycles. The van der Waals surface area contributed by atoms with Gasteiger partial charge in [0.2, 0.25) is 0 Å². The highest BCUT2D eigenvalue weighted by atomic mass is 16.5. The molecular weight excluding hydrogens is 328 g/mol. The van der Waals surface area contributed by atoms with Crippen LogP contribution in [-0.2, 0) is 0 Å². The third-order valence-electron chi connectivity index (χ3n) is 4.44. The van der Waals surface area contributed by atoms with E-state index in [1.54, 1.807) is 26.6 Å². The second-order valence-electron chi connectivity index (χ2n) is 6.23. The average molecular weight is 352 g/mol. The van der Waals surface area contributed by atoms with Gasteiger partial charge in [-0.25, -0.2) is 4.98 Å². The number of aromatic nitrogens is 2. The molecule has 0 aliphatic heterocycles. The molecule has 1 atom stereocenters. The summed E-state index contributed by atoms with van der Waals surface area (Å²) in [5.41, 5.74) is 1.14. The van der Waals surface area contributed by atoms with Gasteiger partial charge in [-0.1, -0.05) is 6.07 Å². The second-order valence-corrected chi connectivity index (χ2v) is 6.23. The zero-order valence-corrected chi connectivity index (χ0v) is 15.6. The molecule has 136 valence electrons. The smallest absolute Gasteiger partial charge is 0.161 e. The van der Waals surface area contributed by atoms with Crippen LogP contribution in [0.1, 0.15) is 11.6 Å². The molecule has 0 spiro atoms. The van der Waals surface area contributed by atoms with Crippen LogP contribution >= 0.6 is 0 Å². The van der Waals surface area contributed by atoms with E-state index in [2.05, 4.69) is 40.3 Å². The van der Waals surface area contributed by atoms with Crippen molar-refractivity contribution in [2.24, 2.45) is 0 Å². The van der Waals surface area contributed by atoms with Gasteiger partial charge in [0.1, 0.15) is 5.82 Å². The SMILES string of the molecule is COc1ccc(C(CNc2nccc3cnccc23)N(C)C)cc1OC. The maximum absolute atomic E-state index is 5.44. The van der Waals surface area contributed by atoms with Crippen molar-refractivity contribution >= 4 is 16.6 Å². The minimum absolute atomic E-state index is 0.147. The van der Waals surface area contributed by atoms with Crippen molar-refractivity contribution in [2.75, 3.05) is 40.2 Å². The molecule has 26 heavy (non-hydrogen) atoms. The van der Waals surface area contributed by atoms with Crippen molar-refractivity contribution < 1.29 is 9.47 Å². The van der Waals surface area contributed by atoms with E-state index in [0.717, 1.165) is 33.7 Å². The van der Waals surface area contributed by atoms with E-state index in [-0.39, 0.29) is 6.04 Å². The Morgan fingerprint density at radius 3 is 2.58 bits per heavy atom. The van der Waals surface area contributed by atoms with Crippen LogP contribution < -0.4 is 14.8 Å². The summed E-state index contributed by atoms with van der Waals surface area (Å²) in [6.45, 7) is 0.705. The van der Waals surface area contributed by atoms with Crippen molar-refractivity contribution in [3.8, 4) is 11.5 Å². The quantitative estimate of drug-likeness (QED) is 0.704. The Balaban J connectivity index is 1.85. The monoisotopic (exact) mass is 352 g/mol. The van der Waals surface area contributed by atoms with E-state index in [1.165, 1.54) is 0 Å². The molecule has 0 saturated carbocycles. The van der Waals surface area contributed by atoms with Crippen LogP contribution in [-0.4, -0.2) is 49.7 Å². The number of hydrogen-bond acceptors (Lipinski definition) is 6. The number of hydrogen-bond donors (Lipinski definition) is 1. The Labute approximate surface area is 153 Å². The van der Waals surface area contributed by atoms with Crippen LogP contribution in [0.25, 0.3) is 10.8 Å². The fourth-order valence-corrected chi connectivity index (χ4v) is 3.01. The van der Waals surface area contributed by atoms with Crippen molar-refractivity contribution in [3.05, 3.63) is 54.5 Å². The van der Waals surface area contributed by atoms with Crippen molar-refractivity contribution in [1.29, 1.82) is 0 Å². The summed E-state index contributed by atoms with van der Waals surface area (Å²) in [5, 5.41) is 5.61. The lowest BCUT2D eigenvalue weighted by Crippen LogP contribution is -2.27. The highest BCUT2D eigenvalue weighted by Crippen LogP contribution is 2.31. The van der Waals surface area contributed by atoms with E-state index in [1.807, 2.05) is 30.5 Å². The summed E-state index contributed by atoms with van der Waals surface area (Å²) in [6.07, 6.45) is 5.43. The Kier molecular flexibility index (Phi) is 5.53. The molecule has 1 unspecified atom stereocenters. The van der Waals surface area contributed by atoms with Gasteiger partial charge in [-0.15, -0.1) is 0 Å². The van der Waals surface area contributed by atoms with Crippen LogP contribution in [0.3, 0.4) is 0 Å². The summed E-state index contributed by atoms with van der Waals surface area (Å²) >= 11 is 0. The first-order chi connectivity index (χ1) is 12.6. The molecule has 3 aromatic rings. The van der Waals surface area contributed by atoms with E-state index >= 15 is 0 Å². The van der Waals surface area contributed by atoms with Crippen molar-refractivity contribution in [2.45, 2.75) is 6.04 Å². The summed E-state index contributed by atoms with van der Waals surface area (Å²) in [4.78, 5) is 10.8. The lowest BCUT2D eigenvalue weighted by molar-refractivity contribution is 0.308.